The van der Waals surface area contributed by atoms with Gasteiger partial charge >= 0.3 is 0 Å². The predicted octanol–water partition coefficient (Wildman–Crippen LogP) is 13.8. The van der Waals surface area contributed by atoms with E-state index >= 15 is 0 Å². The summed E-state index contributed by atoms with van der Waals surface area (Å²) in [5, 5.41) is 6.19. The molecule has 4 heteroatoms. The fourth-order valence-electron chi connectivity index (χ4n) is 8.02. The molecule has 252 valence electrons. The molecule has 0 aliphatic heterocycles. The van der Waals surface area contributed by atoms with Crippen molar-refractivity contribution in [2.75, 3.05) is 0 Å². The Kier molecular flexibility index (Phi) is 7.04. The molecule has 0 bridgehead atoms. The normalized spacial score (nSPS) is 11.7. The van der Waals surface area contributed by atoms with Gasteiger partial charge in [0.15, 0.2) is 0 Å². The van der Waals surface area contributed by atoms with Crippen molar-refractivity contribution in [3.8, 4) is 50.6 Å². The first-order chi connectivity index (χ1) is 26.8. The van der Waals surface area contributed by atoms with Crippen LogP contribution in [0.1, 0.15) is 0 Å². The lowest BCUT2D eigenvalue weighted by Gasteiger charge is -2.13. The van der Waals surface area contributed by atoms with E-state index in [1.807, 2.05) is 11.3 Å². The van der Waals surface area contributed by atoms with E-state index in [0.717, 1.165) is 56.1 Å². The molecule has 54 heavy (non-hydrogen) atoms. The van der Waals surface area contributed by atoms with Crippen LogP contribution in [0.4, 0.5) is 0 Å². The van der Waals surface area contributed by atoms with E-state index in [1.54, 1.807) is 0 Å². The van der Waals surface area contributed by atoms with Crippen LogP contribution >= 0.6 is 11.3 Å². The summed E-state index contributed by atoms with van der Waals surface area (Å²) in [6.45, 7) is 0. The number of para-hydroxylation sites is 3. The lowest BCUT2D eigenvalue weighted by atomic mass is 9.98. The van der Waals surface area contributed by atoms with E-state index < -0.39 is 0 Å². The molecule has 11 rings (SSSR count). The number of pyridine rings is 2. The van der Waals surface area contributed by atoms with Crippen molar-refractivity contribution >= 4 is 64.2 Å². The zero-order chi connectivity index (χ0) is 35.6. The molecule has 0 radical (unpaired) electrons. The topological polar surface area (TPSA) is 30.7 Å². The lowest BCUT2D eigenvalue weighted by molar-refractivity contribution is 1.18. The third kappa shape index (κ3) is 4.96. The average molecular weight is 706 g/mol. The number of aromatic nitrogens is 3. The van der Waals surface area contributed by atoms with Crippen molar-refractivity contribution in [1.82, 2.24) is 14.5 Å². The highest BCUT2D eigenvalue weighted by molar-refractivity contribution is 7.26. The summed E-state index contributed by atoms with van der Waals surface area (Å²) in [5.41, 5.74) is 13.0. The summed E-state index contributed by atoms with van der Waals surface area (Å²) in [6.07, 6.45) is 0. The van der Waals surface area contributed by atoms with Crippen LogP contribution in [0.15, 0.2) is 188 Å². The van der Waals surface area contributed by atoms with Gasteiger partial charge in [0.25, 0.3) is 0 Å². The van der Waals surface area contributed by atoms with Gasteiger partial charge in [0.2, 0.25) is 0 Å². The number of benzene rings is 7. The van der Waals surface area contributed by atoms with E-state index in [-0.39, 0.29) is 0 Å². The molecule has 0 spiro atoms. The Morgan fingerprint density at radius 3 is 1.61 bits per heavy atom. The number of fused-ring (bicyclic) bond motifs is 8. The second kappa shape index (κ2) is 12.4. The molecule has 0 aliphatic rings. The number of thiophene rings is 1. The predicted molar refractivity (Wildman–Crippen MR) is 229 cm³/mol. The number of rotatable bonds is 5. The summed E-state index contributed by atoms with van der Waals surface area (Å²) in [7, 11) is 0. The first-order valence-corrected chi connectivity index (χ1v) is 19.1. The van der Waals surface area contributed by atoms with Crippen molar-refractivity contribution in [3.63, 3.8) is 0 Å². The van der Waals surface area contributed by atoms with Crippen molar-refractivity contribution < 1.29 is 0 Å². The molecule has 0 N–H and O–H groups in total. The number of nitrogens with zero attached hydrogens (tertiary/aromatic N) is 3. The highest BCUT2D eigenvalue weighted by atomic mass is 32.1. The lowest BCUT2D eigenvalue weighted by Crippen LogP contribution is -1.95. The molecule has 0 atom stereocenters. The van der Waals surface area contributed by atoms with Crippen LogP contribution in [0.5, 0.6) is 0 Å². The molecule has 0 saturated heterocycles. The maximum absolute atomic E-state index is 5.30. The highest BCUT2D eigenvalue weighted by Gasteiger charge is 2.17. The fraction of sp³-hybridized carbons (Fsp3) is 0. The Morgan fingerprint density at radius 1 is 0.389 bits per heavy atom. The molecular formula is C50H31N3S. The monoisotopic (exact) mass is 705 g/mol. The second-order valence-electron chi connectivity index (χ2n) is 13.8. The van der Waals surface area contributed by atoms with Gasteiger partial charge < -0.3 is 4.57 Å². The Balaban J connectivity index is 1.02. The van der Waals surface area contributed by atoms with Crippen LogP contribution in [-0.4, -0.2) is 14.5 Å². The molecule has 4 aromatic heterocycles. The second-order valence-corrected chi connectivity index (χ2v) is 14.8. The van der Waals surface area contributed by atoms with Gasteiger partial charge in [-0.2, -0.15) is 0 Å². The molecule has 0 saturated carbocycles. The Morgan fingerprint density at radius 2 is 0.926 bits per heavy atom. The van der Waals surface area contributed by atoms with Gasteiger partial charge in [-0.15, -0.1) is 11.3 Å². The zero-order valence-electron chi connectivity index (χ0n) is 29.1. The number of hydrogen-bond acceptors (Lipinski definition) is 3. The van der Waals surface area contributed by atoms with Crippen molar-refractivity contribution in [1.29, 1.82) is 0 Å². The molecule has 0 unspecified atom stereocenters. The largest absolute Gasteiger partial charge is 0.309 e. The van der Waals surface area contributed by atoms with Gasteiger partial charge in [0, 0.05) is 58.7 Å². The molecular weight excluding hydrogens is 675 g/mol. The molecule has 0 fully saturated rings. The van der Waals surface area contributed by atoms with Crippen LogP contribution in [0.2, 0.25) is 0 Å². The standard InChI is InChI=1S/C50H31N3S/c1-2-12-32(13-3-1)36-30-43(51-44(31-36)34-26-28-37(29-27-34)53-45-19-9-5-14-38(45)39-15-6-10-20-46(39)53)33-22-24-35(25-23-33)49-48-41-17-7-11-21-47(41)54-50(48)40-16-4-8-18-42(40)52-49/h1-31H. The van der Waals surface area contributed by atoms with Gasteiger partial charge in [0.05, 0.1) is 33.6 Å². The minimum absolute atomic E-state index is 0.932. The summed E-state index contributed by atoms with van der Waals surface area (Å²) < 4.78 is 4.92. The van der Waals surface area contributed by atoms with Crippen molar-refractivity contribution in [3.05, 3.63) is 188 Å². The van der Waals surface area contributed by atoms with E-state index in [2.05, 4.69) is 193 Å². The number of hydrogen-bond donors (Lipinski definition) is 0. The Bertz CT molecular complexity index is 3140. The smallest absolute Gasteiger partial charge is 0.0802 e. The van der Waals surface area contributed by atoms with Gasteiger partial charge in [-0.1, -0.05) is 140 Å². The van der Waals surface area contributed by atoms with Crippen LogP contribution in [0, 0.1) is 0 Å². The van der Waals surface area contributed by atoms with Gasteiger partial charge in [-0.05, 0) is 59.7 Å². The van der Waals surface area contributed by atoms with Crippen molar-refractivity contribution in [2.24, 2.45) is 0 Å². The molecule has 11 aromatic rings. The van der Waals surface area contributed by atoms with E-state index in [9.17, 15) is 0 Å². The summed E-state index contributed by atoms with van der Waals surface area (Å²) in [5.74, 6) is 0. The van der Waals surface area contributed by atoms with E-state index in [4.69, 9.17) is 9.97 Å². The van der Waals surface area contributed by atoms with E-state index in [0.29, 0.717) is 0 Å². The average Bonchev–Trinajstić information content (AvgIpc) is 3.81. The minimum Gasteiger partial charge on any atom is -0.309 e. The summed E-state index contributed by atoms with van der Waals surface area (Å²) >= 11 is 1.85. The van der Waals surface area contributed by atoms with E-state index in [1.165, 1.54) is 47.4 Å². The third-order valence-corrected chi connectivity index (χ3v) is 11.8. The first kappa shape index (κ1) is 30.7. The quantitative estimate of drug-likeness (QED) is 0.178. The van der Waals surface area contributed by atoms with Crippen molar-refractivity contribution in [2.45, 2.75) is 0 Å². The summed E-state index contributed by atoms with van der Waals surface area (Å²) in [6, 6.07) is 67.0. The van der Waals surface area contributed by atoms with Crippen LogP contribution < -0.4 is 0 Å². The molecule has 4 heterocycles. The Labute approximate surface area is 316 Å². The summed E-state index contributed by atoms with van der Waals surface area (Å²) in [4.78, 5) is 10.6. The highest BCUT2D eigenvalue weighted by Crippen LogP contribution is 2.43. The SMILES string of the molecule is c1ccc(-c2cc(-c3ccc(-c4nc5ccccc5c5sc6ccccc6c45)cc3)nc(-c3ccc(-n4c5ccccc5c5ccccc54)cc3)c2)cc1. The fourth-order valence-corrected chi connectivity index (χ4v) is 9.26. The molecule has 7 aromatic carbocycles. The van der Waals surface area contributed by atoms with Gasteiger partial charge in [-0.3, -0.25) is 0 Å². The maximum atomic E-state index is 5.30. The molecule has 0 amide bonds. The molecule has 0 aliphatic carbocycles. The molecule has 3 nitrogen and oxygen atoms in total. The van der Waals surface area contributed by atoms with Crippen LogP contribution in [-0.2, 0) is 0 Å². The maximum Gasteiger partial charge on any atom is 0.0802 e. The first-order valence-electron chi connectivity index (χ1n) is 18.2. The van der Waals surface area contributed by atoms with Gasteiger partial charge in [0.1, 0.15) is 0 Å². The zero-order valence-corrected chi connectivity index (χ0v) is 30.0. The minimum atomic E-state index is 0.932. The Hall–Kier alpha value is -6.88. The van der Waals surface area contributed by atoms with Crippen LogP contribution in [0.25, 0.3) is 103 Å². The van der Waals surface area contributed by atoms with Gasteiger partial charge in [-0.25, -0.2) is 9.97 Å². The van der Waals surface area contributed by atoms with Crippen LogP contribution in [0.3, 0.4) is 0 Å². The third-order valence-electron chi connectivity index (χ3n) is 10.6.